The number of aryl methyl sites for hydroxylation is 2. The Kier molecular flexibility index (Phi) is 3.57. The van der Waals surface area contributed by atoms with Gasteiger partial charge in [0.25, 0.3) is 0 Å². The zero-order valence-corrected chi connectivity index (χ0v) is 10.3. The van der Waals surface area contributed by atoms with Crippen LogP contribution in [-0.4, -0.2) is 9.78 Å². The lowest BCUT2D eigenvalue weighted by Crippen LogP contribution is -1.99. The van der Waals surface area contributed by atoms with Crippen LogP contribution >= 0.6 is 0 Å². The average molecular weight is 242 g/mol. The van der Waals surface area contributed by atoms with Gasteiger partial charge in [0.15, 0.2) is 5.43 Å². The van der Waals surface area contributed by atoms with Crippen LogP contribution in [-0.2, 0) is 7.05 Å². The Bertz CT molecular complexity index is 684. The first-order valence-corrected chi connectivity index (χ1v) is 5.60. The third kappa shape index (κ3) is 2.85. The van der Waals surface area contributed by atoms with Gasteiger partial charge >= 0.3 is 0 Å². The van der Waals surface area contributed by atoms with Crippen LogP contribution in [0.4, 0.5) is 0 Å². The van der Waals surface area contributed by atoms with Crippen molar-refractivity contribution in [1.82, 2.24) is 9.78 Å². The van der Waals surface area contributed by atoms with E-state index in [2.05, 4.69) is 5.10 Å². The first kappa shape index (κ1) is 12.1. The standard InChI is InChI=1S/C10H8O2.C4H6N2/c1-7-6-9(11)8-4-2-3-5-10(8)12-7;1-6-4-2-3-5-6/h2-6H,1H3;2-4H,1H3. The highest BCUT2D eigenvalue weighted by Crippen LogP contribution is 2.10. The molecule has 18 heavy (non-hydrogen) atoms. The minimum absolute atomic E-state index is 0.0225. The molecule has 92 valence electrons. The van der Waals surface area contributed by atoms with E-state index in [0.29, 0.717) is 16.7 Å². The van der Waals surface area contributed by atoms with Crippen molar-refractivity contribution in [3.63, 3.8) is 0 Å². The fraction of sp³-hybridized carbons (Fsp3) is 0.143. The SMILES string of the molecule is Cc1cc(=O)c2ccccc2o1.Cn1cccn1. The molecule has 0 aliphatic heterocycles. The van der Waals surface area contributed by atoms with Crippen molar-refractivity contribution in [3.05, 3.63) is 64.8 Å². The zero-order valence-electron chi connectivity index (χ0n) is 10.3. The van der Waals surface area contributed by atoms with Gasteiger partial charge < -0.3 is 4.42 Å². The summed E-state index contributed by atoms with van der Waals surface area (Å²) in [4.78, 5) is 11.3. The Morgan fingerprint density at radius 1 is 1.22 bits per heavy atom. The van der Waals surface area contributed by atoms with Gasteiger partial charge in [-0.2, -0.15) is 5.10 Å². The number of para-hydroxylation sites is 1. The predicted octanol–water partition coefficient (Wildman–Crippen LogP) is 2.52. The summed E-state index contributed by atoms with van der Waals surface area (Å²) in [7, 11) is 1.89. The summed E-state index contributed by atoms with van der Waals surface area (Å²) in [6.45, 7) is 1.77. The van der Waals surface area contributed by atoms with Crippen LogP contribution < -0.4 is 5.43 Å². The normalized spacial score (nSPS) is 9.89. The number of nitrogens with zero attached hydrogens (tertiary/aromatic N) is 2. The summed E-state index contributed by atoms with van der Waals surface area (Å²) in [6.07, 6.45) is 3.64. The summed E-state index contributed by atoms with van der Waals surface area (Å²) in [6, 6.07) is 10.6. The van der Waals surface area contributed by atoms with Gasteiger partial charge in [0, 0.05) is 25.5 Å². The first-order chi connectivity index (χ1) is 8.66. The van der Waals surface area contributed by atoms with E-state index in [0.717, 1.165) is 0 Å². The number of hydrogen-bond donors (Lipinski definition) is 0. The van der Waals surface area contributed by atoms with Crippen molar-refractivity contribution < 1.29 is 4.42 Å². The topological polar surface area (TPSA) is 48.0 Å². The second kappa shape index (κ2) is 5.31. The molecule has 0 unspecified atom stereocenters. The second-order valence-electron chi connectivity index (χ2n) is 3.90. The first-order valence-electron chi connectivity index (χ1n) is 5.60. The minimum Gasteiger partial charge on any atom is -0.461 e. The minimum atomic E-state index is 0.0225. The largest absolute Gasteiger partial charge is 0.461 e. The van der Waals surface area contributed by atoms with Gasteiger partial charge in [-0.3, -0.25) is 9.48 Å². The Hall–Kier alpha value is -2.36. The van der Waals surface area contributed by atoms with Gasteiger partial charge in [-0.15, -0.1) is 0 Å². The molecule has 0 radical (unpaired) electrons. The number of hydrogen-bond acceptors (Lipinski definition) is 3. The van der Waals surface area contributed by atoms with Crippen molar-refractivity contribution in [2.24, 2.45) is 7.05 Å². The molecule has 0 N–H and O–H groups in total. The average Bonchev–Trinajstić information content (AvgIpc) is 2.81. The van der Waals surface area contributed by atoms with Crippen molar-refractivity contribution >= 4 is 11.0 Å². The molecule has 4 nitrogen and oxygen atoms in total. The van der Waals surface area contributed by atoms with E-state index in [1.807, 2.05) is 31.4 Å². The number of aromatic nitrogens is 2. The highest BCUT2D eigenvalue weighted by Gasteiger charge is 1.98. The van der Waals surface area contributed by atoms with E-state index < -0.39 is 0 Å². The molecule has 0 spiro atoms. The molecule has 0 saturated carbocycles. The molecule has 0 aliphatic carbocycles. The second-order valence-corrected chi connectivity index (χ2v) is 3.90. The highest BCUT2D eigenvalue weighted by molar-refractivity contribution is 5.75. The van der Waals surface area contributed by atoms with Gasteiger partial charge in [-0.1, -0.05) is 12.1 Å². The summed E-state index contributed by atoms with van der Waals surface area (Å²) >= 11 is 0. The fourth-order valence-electron chi connectivity index (χ4n) is 1.57. The molecule has 1 aromatic carbocycles. The van der Waals surface area contributed by atoms with Crippen molar-refractivity contribution in [3.8, 4) is 0 Å². The summed E-state index contributed by atoms with van der Waals surface area (Å²) in [5.74, 6) is 0.652. The van der Waals surface area contributed by atoms with Crippen LogP contribution in [0.15, 0.2) is 58.0 Å². The molecular weight excluding hydrogens is 228 g/mol. The monoisotopic (exact) mass is 242 g/mol. The van der Waals surface area contributed by atoms with E-state index in [4.69, 9.17) is 4.42 Å². The van der Waals surface area contributed by atoms with E-state index in [9.17, 15) is 4.79 Å². The highest BCUT2D eigenvalue weighted by atomic mass is 16.3. The van der Waals surface area contributed by atoms with Gasteiger partial charge in [0.2, 0.25) is 0 Å². The third-order valence-corrected chi connectivity index (χ3v) is 2.39. The lowest BCUT2D eigenvalue weighted by atomic mass is 10.2. The van der Waals surface area contributed by atoms with Crippen LogP contribution in [0.25, 0.3) is 11.0 Å². The summed E-state index contributed by atoms with van der Waals surface area (Å²) < 4.78 is 7.09. The lowest BCUT2D eigenvalue weighted by molar-refractivity contribution is 0.565. The maximum absolute atomic E-state index is 11.3. The Balaban J connectivity index is 0.000000169. The van der Waals surface area contributed by atoms with E-state index >= 15 is 0 Å². The molecule has 0 amide bonds. The van der Waals surface area contributed by atoms with Crippen LogP contribution in [0.1, 0.15) is 5.76 Å². The number of rotatable bonds is 0. The zero-order chi connectivity index (χ0) is 13.0. The van der Waals surface area contributed by atoms with Gasteiger partial charge in [-0.05, 0) is 25.1 Å². The predicted molar refractivity (Wildman–Crippen MR) is 70.4 cm³/mol. The molecule has 0 bridgehead atoms. The molecule has 4 heteroatoms. The van der Waals surface area contributed by atoms with Gasteiger partial charge in [0.1, 0.15) is 11.3 Å². The van der Waals surface area contributed by atoms with E-state index in [1.165, 1.54) is 6.07 Å². The van der Waals surface area contributed by atoms with Crippen LogP contribution in [0, 0.1) is 6.92 Å². The Labute approximate surface area is 104 Å². The van der Waals surface area contributed by atoms with Crippen LogP contribution in [0.3, 0.4) is 0 Å². The molecule has 0 aliphatic rings. The Morgan fingerprint density at radius 3 is 2.61 bits per heavy atom. The molecular formula is C14H14N2O2. The summed E-state index contributed by atoms with van der Waals surface area (Å²) in [5.41, 5.74) is 0.678. The summed E-state index contributed by atoms with van der Waals surface area (Å²) in [5, 5.41) is 4.48. The van der Waals surface area contributed by atoms with Crippen LogP contribution in [0.5, 0.6) is 0 Å². The lowest BCUT2D eigenvalue weighted by Gasteiger charge is -1.96. The van der Waals surface area contributed by atoms with Crippen molar-refractivity contribution in [1.29, 1.82) is 0 Å². The number of benzene rings is 1. The molecule has 0 atom stereocenters. The molecule has 3 aromatic rings. The smallest absolute Gasteiger partial charge is 0.192 e. The quantitative estimate of drug-likeness (QED) is 0.608. The maximum Gasteiger partial charge on any atom is 0.192 e. The van der Waals surface area contributed by atoms with Gasteiger partial charge in [-0.25, -0.2) is 0 Å². The van der Waals surface area contributed by atoms with Crippen LogP contribution in [0.2, 0.25) is 0 Å². The fourth-order valence-corrected chi connectivity index (χ4v) is 1.57. The van der Waals surface area contributed by atoms with E-state index in [-0.39, 0.29) is 5.43 Å². The van der Waals surface area contributed by atoms with Crippen molar-refractivity contribution in [2.75, 3.05) is 0 Å². The number of fused-ring (bicyclic) bond motifs is 1. The van der Waals surface area contributed by atoms with Gasteiger partial charge in [0.05, 0.1) is 5.39 Å². The molecule has 2 heterocycles. The molecule has 3 rings (SSSR count). The third-order valence-electron chi connectivity index (χ3n) is 2.39. The van der Waals surface area contributed by atoms with Crippen molar-refractivity contribution in [2.45, 2.75) is 6.92 Å². The molecule has 0 fully saturated rings. The molecule has 2 aromatic heterocycles. The Morgan fingerprint density at radius 2 is 2.00 bits per heavy atom. The van der Waals surface area contributed by atoms with E-state index in [1.54, 1.807) is 29.9 Å². The molecule has 0 saturated heterocycles. The maximum atomic E-state index is 11.3.